The number of phenols is 1. The summed E-state index contributed by atoms with van der Waals surface area (Å²) in [6.45, 7) is 1.54. The summed E-state index contributed by atoms with van der Waals surface area (Å²) in [4.78, 5) is 37.5. The zero-order valence-corrected chi connectivity index (χ0v) is 17.3. The van der Waals surface area contributed by atoms with E-state index in [0.717, 1.165) is 0 Å². The number of nitrogens with two attached hydrogens (primary N) is 3. The van der Waals surface area contributed by atoms with Gasteiger partial charge in [-0.2, -0.15) is 0 Å². The molecule has 0 spiro atoms. The van der Waals surface area contributed by atoms with Crippen molar-refractivity contribution >= 4 is 46.2 Å². The number of fused-ring (bicyclic) bond motifs is 3. The summed E-state index contributed by atoms with van der Waals surface area (Å²) >= 11 is 6.09. The second-order valence-corrected chi connectivity index (χ2v) is 8.64. The molecule has 0 heterocycles. The number of amides is 1. The number of Topliss-reactive ketones (excluding diaryl/α,β-unsaturated/α-hetero) is 2. The Labute approximate surface area is 185 Å². The fourth-order valence-electron chi connectivity index (χ4n) is 5.23. The molecule has 1 saturated carbocycles. The lowest BCUT2D eigenvalue weighted by molar-refractivity contribution is -0.160. The van der Waals surface area contributed by atoms with E-state index in [1.807, 2.05) is 0 Å². The van der Waals surface area contributed by atoms with Crippen molar-refractivity contribution in [2.45, 2.75) is 31.0 Å². The van der Waals surface area contributed by atoms with Crippen molar-refractivity contribution in [2.24, 2.45) is 17.6 Å². The number of hydrogen-bond donors (Lipinski definition) is 8. The van der Waals surface area contributed by atoms with Gasteiger partial charge in [0.15, 0.2) is 17.1 Å². The van der Waals surface area contributed by atoms with Crippen LogP contribution in [0.4, 0.5) is 11.4 Å². The SMILES string of the molecule is C[C@@H]1c2c(N)c(Cl)c(N)c(O)c2C(O)=C2C(=O)[C@]3(O)C(O)=C(C(N)=O)C(=O)C[C@@H]3[C@H](O)[C@@H]21. The van der Waals surface area contributed by atoms with Crippen molar-refractivity contribution in [1.29, 1.82) is 0 Å². The molecule has 1 aromatic carbocycles. The van der Waals surface area contributed by atoms with E-state index in [4.69, 9.17) is 28.8 Å². The largest absolute Gasteiger partial charge is 0.508 e. The zero-order valence-electron chi connectivity index (χ0n) is 16.6. The number of anilines is 2. The monoisotopic (exact) mass is 465 g/mol. The van der Waals surface area contributed by atoms with E-state index in [2.05, 4.69) is 0 Å². The number of benzene rings is 1. The summed E-state index contributed by atoms with van der Waals surface area (Å²) < 4.78 is 0. The number of rotatable bonds is 1. The van der Waals surface area contributed by atoms with Crippen LogP contribution in [0.15, 0.2) is 16.9 Å². The molecule has 11 N–H and O–H groups in total. The molecule has 4 rings (SSSR count). The molecule has 170 valence electrons. The van der Waals surface area contributed by atoms with E-state index in [9.17, 15) is 39.9 Å². The van der Waals surface area contributed by atoms with Crippen LogP contribution < -0.4 is 17.2 Å². The van der Waals surface area contributed by atoms with Gasteiger partial charge in [0.25, 0.3) is 5.91 Å². The van der Waals surface area contributed by atoms with Crippen LogP contribution in [0.1, 0.15) is 30.4 Å². The summed E-state index contributed by atoms with van der Waals surface area (Å²) in [6, 6.07) is 0. The van der Waals surface area contributed by atoms with Crippen LogP contribution >= 0.6 is 11.6 Å². The molecule has 0 aromatic heterocycles. The molecule has 0 aliphatic heterocycles. The van der Waals surface area contributed by atoms with E-state index in [1.165, 1.54) is 6.92 Å². The lowest BCUT2D eigenvalue weighted by atomic mass is 9.55. The van der Waals surface area contributed by atoms with Crippen molar-refractivity contribution < 1.29 is 39.9 Å². The fraction of sp³-hybridized carbons (Fsp3) is 0.350. The van der Waals surface area contributed by atoms with Crippen molar-refractivity contribution in [2.75, 3.05) is 11.5 Å². The maximum absolute atomic E-state index is 13.5. The van der Waals surface area contributed by atoms with Crippen molar-refractivity contribution in [1.82, 2.24) is 0 Å². The van der Waals surface area contributed by atoms with Gasteiger partial charge in [0.2, 0.25) is 5.78 Å². The minimum atomic E-state index is -2.91. The molecule has 11 nitrogen and oxygen atoms in total. The number of primary amides is 1. The molecule has 3 aliphatic rings. The third kappa shape index (κ3) is 2.35. The van der Waals surface area contributed by atoms with E-state index in [1.54, 1.807) is 0 Å². The Kier molecular flexibility index (Phi) is 4.53. The molecule has 32 heavy (non-hydrogen) atoms. The van der Waals surface area contributed by atoms with Gasteiger partial charge in [0.05, 0.1) is 28.1 Å². The van der Waals surface area contributed by atoms with Crippen molar-refractivity contribution in [3.63, 3.8) is 0 Å². The maximum atomic E-state index is 13.5. The van der Waals surface area contributed by atoms with Gasteiger partial charge >= 0.3 is 0 Å². The summed E-state index contributed by atoms with van der Waals surface area (Å²) in [5.41, 5.74) is 11.9. The number of nitrogen functional groups attached to an aromatic ring is 2. The molecule has 5 atom stereocenters. The number of ketones is 2. The average Bonchev–Trinajstić information content (AvgIpc) is 2.72. The molecular weight excluding hydrogens is 446 g/mol. The molecule has 3 aliphatic carbocycles. The van der Waals surface area contributed by atoms with Crippen LogP contribution in [0.5, 0.6) is 5.75 Å². The number of aliphatic hydroxyl groups is 4. The van der Waals surface area contributed by atoms with E-state index >= 15 is 0 Å². The Morgan fingerprint density at radius 3 is 2.31 bits per heavy atom. The summed E-state index contributed by atoms with van der Waals surface area (Å²) in [6.07, 6.45) is -2.32. The second kappa shape index (κ2) is 6.61. The second-order valence-electron chi connectivity index (χ2n) is 8.26. The van der Waals surface area contributed by atoms with Gasteiger partial charge in [0.1, 0.15) is 17.1 Å². The topological polar surface area (TPSA) is 230 Å². The lowest BCUT2D eigenvalue weighted by Gasteiger charge is -2.50. The number of carbonyl (C=O) groups excluding carboxylic acids is 3. The third-order valence-corrected chi connectivity index (χ3v) is 7.19. The molecule has 1 amide bonds. The first kappa shape index (κ1) is 21.9. The third-order valence-electron chi connectivity index (χ3n) is 6.78. The molecular formula is C20H20ClN3O8. The molecule has 1 fully saturated rings. The van der Waals surface area contributed by atoms with Gasteiger partial charge < -0.3 is 42.7 Å². The summed E-state index contributed by atoms with van der Waals surface area (Å²) in [5, 5.41) is 54.1. The van der Waals surface area contributed by atoms with Gasteiger partial charge in [-0.25, -0.2) is 0 Å². The number of aromatic hydroxyl groups is 1. The normalized spacial score (nSPS) is 31.9. The van der Waals surface area contributed by atoms with Gasteiger partial charge in [-0.15, -0.1) is 0 Å². The van der Waals surface area contributed by atoms with Crippen LogP contribution in [0.3, 0.4) is 0 Å². The minimum absolute atomic E-state index is 0.0889. The van der Waals surface area contributed by atoms with Crippen LogP contribution in [0.2, 0.25) is 5.02 Å². The highest BCUT2D eigenvalue weighted by Gasteiger charge is 2.65. The zero-order chi connectivity index (χ0) is 24.0. The maximum Gasteiger partial charge on any atom is 0.255 e. The lowest BCUT2D eigenvalue weighted by Crippen LogP contribution is -2.64. The molecule has 12 heteroatoms. The Balaban J connectivity index is 2.07. The van der Waals surface area contributed by atoms with Crippen molar-refractivity contribution in [3.05, 3.63) is 33.1 Å². The summed E-state index contributed by atoms with van der Waals surface area (Å²) in [5.74, 6) is -9.97. The molecule has 0 bridgehead atoms. The predicted molar refractivity (Wildman–Crippen MR) is 111 cm³/mol. The van der Waals surface area contributed by atoms with Crippen LogP contribution in [-0.2, 0) is 14.4 Å². The Hall–Kier alpha value is -3.28. The quantitative estimate of drug-likeness (QED) is 0.117. The van der Waals surface area contributed by atoms with Crippen LogP contribution in [0, 0.1) is 11.8 Å². The number of halogens is 1. The average molecular weight is 466 g/mol. The number of carbonyl (C=O) groups is 3. The van der Waals surface area contributed by atoms with E-state index < -0.39 is 81.8 Å². The van der Waals surface area contributed by atoms with Gasteiger partial charge in [0, 0.05) is 23.8 Å². The highest BCUT2D eigenvalue weighted by atomic mass is 35.5. The first-order chi connectivity index (χ1) is 14.8. The first-order valence-electron chi connectivity index (χ1n) is 9.53. The van der Waals surface area contributed by atoms with Crippen LogP contribution in [-0.4, -0.2) is 54.7 Å². The molecule has 0 radical (unpaired) electrons. The molecule has 0 unspecified atom stereocenters. The number of aliphatic hydroxyl groups excluding tert-OH is 3. The van der Waals surface area contributed by atoms with E-state index in [0.29, 0.717) is 0 Å². The fourth-order valence-corrected chi connectivity index (χ4v) is 5.42. The van der Waals surface area contributed by atoms with Gasteiger partial charge in [-0.05, 0) is 11.5 Å². The van der Waals surface area contributed by atoms with Crippen molar-refractivity contribution in [3.8, 4) is 5.75 Å². The first-order valence-corrected chi connectivity index (χ1v) is 9.90. The Bertz CT molecular complexity index is 1210. The van der Waals surface area contributed by atoms with Gasteiger partial charge in [-0.1, -0.05) is 18.5 Å². The number of phenolic OH excluding ortho intramolecular Hbond substituents is 1. The highest BCUT2D eigenvalue weighted by Crippen LogP contribution is 2.58. The highest BCUT2D eigenvalue weighted by molar-refractivity contribution is 6.36. The molecule has 1 aromatic rings. The number of hydrogen-bond acceptors (Lipinski definition) is 10. The Morgan fingerprint density at radius 1 is 1.16 bits per heavy atom. The minimum Gasteiger partial charge on any atom is -0.508 e. The Morgan fingerprint density at radius 2 is 1.75 bits per heavy atom. The molecule has 0 saturated heterocycles. The smallest absolute Gasteiger partial charge is 0.255 e. The van der Waals surface area contributed by atoms with E-state index in [-0.39, 0.29) is 27.5 Å². The standard InChI is InChI=1S/C20H20ClN3O8/c1-3-6-9(16(28)13(23)11(21)12(6)22)15(27)10-7(3)14(26)4-2-5(25)8(19(24)31)17(29)20(4,32)18(10)30/h3-4,7,14,26-29,32H,2,22-23H2,1H3,(H2,24,31)/t3-,4-,7-,14+,20-/m1/s1. The van der Waals surface area contributed by atoms with Gasteiger partial charge in [-0.3, -0.25) is 14.4 Å². The summed E-state index contributed by atoms with van der Waals surface area (Å²) in [7, 11) is 0. The predicted octanol–water partition coefficient (Wildman–Crippen LogP) is -0.226. The van der Waals surface area contributed by atoms with Crippen LogP contribution in [0.25, 0.3) is 5.76 Å².